The largest absolute Gasteiger partial charge is 0.507 e. The highest BCUT2D eigenvalue weighted by molar-refractivity contribution is 6.53. The Bertz CT molecular complexity index is 1770. The fraction of sp³-hybridized carbons (Fsp3) is 0.359. The molecule has 0 radical (unpaired) electrons. The lowest BCUT2D eigenvalue weighted by atomic mass is 9.82. The van der Waals surface area contributed by atoms with Crippen LogP contribution in [0.3, 0.4) is 0 Å². The Balaban J connectivity index is 2.07. The van der Waals surface area contributed by atoms with Crippen LogP contribution >= 0.6 is 0 Å². The second kappa shape index (κ2) is 17.1. The summed E-state index contributed by atoms with van der Waals surface area (Å²) >= 11 is 0. The molecule has 1 amide bonds. The van der Waals surface area contributed by atoms with Crippen LogP contribution in [0, 0.1) is 24.7 Å². The molecule has 266 valence electrons. The maximum atomic E-state index is 13.7. The van der Waals surface area contributed by atoms with Crippen molar-refractivity contribution in [2.24, 2.45) is 17.8 Å². The third kappa shape index (κ3) is 9.38. The summed E-state index contributed by atoms with van der Waals surface area (Å²) in [7, 11) is 0. The SMILES string of the molecule is C/C1=C/C[C@H](O)/C=C\[C@H](C)[C@H](O)[C@@H](C)/C=C(\C)C(=O)c2c(O)c(C)cc3c2C(=O)C(=O)C(=C3O)NC(=O)/C=C/C=C\C=C/[C@H](C)[C@@H](O)CC1=O. The summed E-state index contributed by atoms with van der Waals surface area (Å²) in [6.45, 7) is 9.57. The number of Topliss-reactive ketones (excluding diaryl/α,β-unsaturated/α-hetero) is 4. The zero-order valence-electron chi connectivity index (χ0n) is 29.0. The Hall–Kier alpha value is -4.97. The summed E-state index contributed by atoms with van der Waals surface area (Å²) in [5.41, 5.74) is -1.36. The van der Waals surface area contributed by atoms with E-state index in [9.17, 15) is 49.5 Å². The van der Waals surface area contributed by atoms with Crippen LogP contribution in [0.5, 0.6) is 5.75 Å². The maximum Gasteiger partial charge on any atom is 0.253 e. The minimum atomic E-state index is -1.29. The van der Waals surface area contributed by atoms with Crippen LogP contribution in [-0.4, -0.2) is 72.9 Å². The Morgan fingerprint density at radius 3 is 2.06 bits per heavy atom. The molecular weight excluding hydrogens is 642 g/mol. The second-order valence-corrected chi connectivity index (χ2v) is 12.9. The molecule has 11 heteroatoms. The smallest absolute Gasteiger partial charge is 0.253 e. The Kier molecular flexibility index (Phi) is 13.5. The van der Waals surface area contributed by atoms with Gasteiger partial charge in [-0.05, 0) is 50.0 Å². The number of rotatable bonds is 0. The standard InChI is InChI=1S/C39H45NO10/c1-20-11-9-7-8-10-12-30(44)40-33-37(48)27-18-25(6)36(47)32(31(27)38(49)39(33)50)35(46)24(5)17-23(4)34(45)22(3)14-16-26(41)15-13-21(2)29(43)19-28(20)42/h7-14,16-18,20,22-23,26,28,34,41-42,45,47-48H,15,19H2,1-6H3,(H,40,44)/b8-7-,11-9-,12-10+,16-14-,21-13-,24-17+/t20-,22-,23-,26-,28-,34-/m0/s1. The zero-order valence-corrected chi connectivity index (χ0v) is 29.0. The lowest BCUT2D eigenvalue weighted by Crippen LogP contribution is -2.35. The van der Waals surface area contributed by atoms with Crippen LogP contribution in [0.4, 0.5) is 0 Å². The summed E-state index contributed by atoms with van der Waals surface area (Å²) < 4.78 is 0. The van der Waals surface area contributed by atoms with E-state index in [4.69, 9.17) is 0 Å². The van der Waals surface area contributed by atoms with Crippen molar-refractivity contribution in [2.75, 3.05) is 0 Å². The van der Waals surface area contributed by atoms with Crippen LogP contribution in [0.15, 0.2) is 83.7 Å². The molecule has 0 spiro atoms. The van der Waals surface area contributed by atoms with Gasteiger partial charge in [0.05, 0.1) is 29.4 Å². The van der Waals surface area contributed by atoms with E-state index in [1.807, 2.05) is 0 Å². The Labute approximate surface area is 291 Å². The summed E-state index contributed by atoms with van der Waals surface area (Å²) in [5, 5.41) is 56.2. The first-order valence-corrected chi connectivity index (χ1v) is 16.3. The van der Waals surface area contributed by atoms with Crippen molar-refractivity contribution in [2.45, 2.75) is 72.7 Å². The number of hydrogen-bond donors (Lipinski definition) is 6. The number of fused-ring (bicyclic) bond motifs is 18. The molecule has 4 bridgehead atoms. The molecule has 0 unspecified atom stereocenters. The van der Waals surface area contributed by atoms with Gasteiger partial charge in [-0.25, -0.2) is 0 Å². The minimum Gasteiger partial charge on any atom is -0.507 e. The van der Waals surface area contributed by atoms with Crippen molar-refractivity contribution in [1.82, 2.24) is 5.32 Å². The van der Waals surface area contributed by atoms with Crippen molar-refractivity contribution in [3.05, 3.63) is 106 Å². The molecule has 1 aromatic carbocycles. The molecule has 0 aromatic heterocycles. The number of amides is 1. The lowest BCUT2D eigenvalue weighted by Gasteiger charge is -2.23. The number of aliphatic hydroxyl groups is 4. The van der Waals surface area contributed by atoms with Gasteiger partial charge in [0.15, 0.2) is 17.3 Å². The fourth-order valence-electron chi connectivity index (χ4n) is 5.53. The first-order valence-electron chi connectivity index (χ1n) is 16.3. The number of nitrogens with one attached hydrogen (secondary N) is 1. The predicted molar refractivity (Wildman–Crippen MR) is 188 cm³/mol. The number of allylic oxidation sites excluding steroid dienone is 7. The lowest BCUT2D eigenvalue weighted by molar-refractivity contribution is -0.118. The van der Waals surface area contributed by atoms with E-state index in [0.717, 1.165) is 6.08 Å². The number of hydrogen-bond acceptors (Lipinski definition) is 10. The molecule has 4 rings (SSSR count). The second-order valence-electron chi connectivity index (χ2n) is 12.9. The van der Waals surface area contributed by atoms with E-state index in [-0.39, 0.29) is 35.3 Å². The number of phenols is 1. The molecule has 2 heterocycles. The monoisotopic (exact) mass is 687 g/mol. The van der Waals surface area contributed by atoms with Crippen LogP contribution in [-0.2, 0) is 14.4 Å². The van der Waals surface area contributed by atoms with Gasteiger partial charge >= 0.3 is 0 Å². The number of aryl methyl sites for hydroxylation is 1. The molecule has 6 atom stereocenters. The molecule has 11 nitrogen and oxygen atoms in total. The van der Waals surface area contributed by atoms with Gasteiger partial charge in [-0.2, -0.15) is 0 Å². The van der Waals surface area contributed by atoms with Crippen molar-refractivity contribution < 1.29 is 49.5 Å². The molecule has 0 saturated heterocycles. The van der Waals surface area contributed by atoms with Gasteiger partial charge in [-0.3, -0.25) is 24.0 Å². The highest BCUT2D eigenvalue weighted by Gasteiger charge is 2.39. The molecular formula is C39H45NO10. The fourth-order valence-corrected chi connectivity index (χ4v) is 5.53. The van der Waals surface area contributed by atoms with Crippen LogP contribution in [0.2, 0.25) is 0 Å². The summed E-state index contributed by atoms with van der Waals surface area (Å²) in [5.74, 6) is -7.27. The van der Waals surface area contributed by atoms with Crippen molar-refractivity contribution in [3.8, 4) is 5.75 Å². The highest BCUT2D eigenvalue weighted by Crippen LogP contribution is 2.37. The van der Waals surface area contributed by atoms with E-state index in [0.29, 0.717) is 5.57 Å². The van der Waals surface area contributed by atoms with Gasteiger partial charge in [0.1, 0.15) is 11.4 Å². The van der Waals surface area contributed by atoms with Crippen LogP contribution < -0.4 is 5.32 Å². The van der Waals surface area contributed by atoms with Gasteiger partial charge in [-0.15, -0.1) is 0 Å². The molecule has 6 N–H and O–H groups in total. The Morgan fingerprint density at radius 1 is 0.720 bits per heavy atom. The summed E-state index contributed by atoms with van der Waals surface area (Å²) in [6, 6.07) is 1.23. The number of ketones is 4. The highest BCUT2D eigenvalue weighted by atomic mass is 16.3. The first-order chi connectivity index (χ1) is 23.5. The first kappa shape index (κ1) is 39.5. The third-order valence-corrected chi connectivity index (χ3v) is 8.81. The van der Waals surface area contributed by atoms with Crippen LogP contribution in [0.25, 0.3) is 5.76 Å². The van der Waals surface area contributed by atoms with E-state index in [1.165, 1.54) is 44.2 Å². The number of carbonyl (C=O) groups is 5. The van der Waals surface area contributed by atoms with Crippen molar-refractivity contribution >= 4 is 34.8 Å². The molecule has 0 fully saturated rings. The third-order valence-electron chi connectivity index (χ3n) is 8.81. The number of aromatic hydroxyl groups is 1. The van der Waals surface area contributed by atoms with Crippen molar-refractivity contribution in [3.63, 3.8) is 0 Å². The van der Waals surface area contributed by atoms with E-state index in [2.05, 4.69) is 5.32 Å². The number of carbonyl (C=O) groups excluding carboxylic acids is 5. The molecule has 3 aliphatic rings. The number of phenolic OH excluding ortho intramolecular Hbond substituents is 1. The van der Waals surface area contributed by atoms with Crippen molar-refractivity contribution in [1.29, 1.82) is 0 Å². The maximum absolute atomic E-state index is 13.7. The van der Waals surface area contributed by atoms with E-state index >= 15 is 0 Å². The summed E-state index contributed by atoms with van der Waals surface area (Å²) in [4.78, 5) is 65.5. The van der Waals surface area contributed by atoms with Crippen LogP contribution in [0.1, 0.15) is 79.3 Å². The van der Waals surface area contributed by atoms with Gasteiger partial charge in [0.25, 0.3) is 5.78 Å². The molecule has 50 heavy (non-hydrogen) atoms. The quantitative estimate of drug-likeness (QED) is 0.167. The zero-order chi connectivity index (χ0) is 37.4. The average molecular weight is 688 g/mol. The number of benzene rings is 1. The van der Waals surface area contributed by atoms with Gasteiger partial charge in [-0.1, -0.05) is 75.5 Å². The van der Waals surface area contributed by atoms with E-state index in [1.54, 1.807) is 58.1 Å². The summed E-state index contributed by atoms with van der Waals surface area (Å²) in [6.07, 6.45) is 11.9. The minimum absolute atomic E-state index is 0.0421. The normalized spacial score (nSPS) is 31.3. The molecule has 0 saturated carbocycles. The number of aliphatic hydroxyl groups excluding tert-OH is 4. The van der Waals surface area contributed by atoms with Gasteiger partial charge < -0.3 is 30.8 Å². The Morgan fingerprint density at radius 2 is 1.38 bits per heavy atom. The topological polar surface area (TPSA) is 199 Å². The molecule has 2 aliphatic heterocycles. The average Bonchev–Trinajstić information content (AvgIpc) is 3.07. The predicted octanol–water partition coefficient (Wildman–Crippen LogP) is 4.46. The van der Waals surface area contributed by atoms with Gasteiger partial charge in [0.2, 0.25) is 11.7 Å². The molecule has 1 aromatic rings. The van der Waals surface area contributed by atoms with E-state index < -0.39 is 87.7 Å². The molecule has 1 aliphatic carbocycles. The van der Waals surface area contributed by atoms with Gasteiger partial charge in [0, 0.05) is 35.8 Å².